The predicted octanol–water partition coefficient (Wildman–Crippen LogP) is 3.61. The van der Waals surface area contributed by atoms with Gasteiger partial charge in [-0.05, 0) is 23.8 Å². The highest BCUT2D eigenvalue weighted by molar-refractivity contribution is 7.17. The molecule has 1 saturated heterocycles. The Bertz CT molecular complexity index is 751. The van der Waals surface area contributed by atoms with Crippen LogP contribution in [0.25, 0.3) is 10.4 Å². The zero-order valence-corrected chi connectivity index (χ0v) is 13.3. The third-order valence-corrected chi connectivity index (χ3v) is 4.84. The average Bonchev–Trinajstić information content (AvgIpc) is 2.96. The van der Waals surface area contributed by atoms with Crippen molar-refractivity contribution >= 4 is 17.2 Å². The summed E-state index contributed by atoms with van der Waals surface area (Å²) in [6.07, 6.45) is -4.44. The van der Waals surface area contributed by atoms with Crippen molar-refractivity contribution in [3.05, 3.63) is 40.8 Å². The van der Waals surface area contributed by atoms with Crippen molar-refractivity contribution in [2.75, 3.05) is 26.3 Å². The van der Waals surface area contributed by atoms with Crippen LogP contribution < -0.4 is 0 Å². The lowest BCUT2D eigenvalue weighted by Gasteiger charge is -2.26. The van der Waals surface area contributed by atoms with Crippen molar-refractivity contribution in [3.8, 4) is 16.2 Å². The Hall–Kier alpha value is -2.06. The smallest absolute Gasteiger partial charge is 0.416 e. The fourth-order valence-electron chi connectivity index (χ4n) is 2.44. The van der Waals surface area contributed by atoms with Crippen molar-refractivity contribution in [1.29, 1.82) is 0 Å². The van der Waals surface area contributed by atoms with Crippen LogP contribution in [0.1, 0.15) is 15.2 Å². The summed E-state index contributed by atoms with van der Waals surface area (Å²) in [5, 5.41) is 10.0. The molecule has 0 spiro atoms. The zero-order chi connectivity index (χ0) is 17.3. The van der Waals surface area contributed by atoms with Crippen LogP contribution in [0.15, 0.2) is 30.3 Å². The van der Waals surface area contributed by atoms with E-state index in [1.807, 2.05) is 0 Å². The third-order valence-electron chi connectivity index (χ3n) is 3.68. The van der Waals surface area contributed by atoms with Crippen molar-refractivity contribution < 1.29 is 27.8 Å². The molecule has 0 unspecified atom stereocenters. The molecule has 0 aliphatic carbocycles. The van der Waals surface area contributed by atoms with Crippen LogP contribution in [0.3, 0.4) is 0 Å². The quantitative estimate of drug-likeness (QED) is 0.893. The number of alkyl halides is 3. The number of thiophene rings is 1. The first-order valence-corrected chi connectivity index (χ1v) is 8.05. The Balaban J connectivity index is 1.90. The van der Waals surface area contributed by atoms with Crippen LogP contribution in [0.4, 0.5) is 13.2 Å². The molecule has 2 aromatic rings. The van der Waals surface area contributed by atoms with Crippen molar-refractivity contribution in [2.45, 2.75) is 6.18 Å². The van der Waals surface area contributed by atoms with Gasteiger partial charge >= 0.3 is 6.18 Å². The minimum absolute atomic E-state index is 0.129. The molecule has 1 aliphatic heterocycles. The molecule has 4 nitrogen and oxygen atoms in total. The summed E-state index contributed by atoms with van der Waals surface area (Å²) in [6.45, 7) is 1.71. The van der Waals surface area contributed by atoms with Crippen LogP contribution in [0, 0.1) is 0 Å². The van der Waals surface area contributed by atoms with Gasteiger partial charge in [0.15, 0.2) is 0 Å². The van der Waals surface area contributed by atoms with Gasteiger partial charge in [0.2, 0.25) is 0 Å². The van der Waals surface area contributed by atoms with Gasteiger partial charge in [0.1, 0.15) is 10.6 Å². The van der Waals surface area contributed by atoms with Crippen molar-refractivity contribution in [2.24, 2.45) is 0 Å². The standard InChI is InChI=1S/C16H14F3NO3S/c17-16(18,19)11-3-1-2-10(8-11)13-9-12(21)14(24-13)15(22)20-4-6-23-7-5-20/h1-3,8-9,21H,4-7H2. The number of ether oxygens (including phenoxy) is 1. The Morgan fingerprint density at radius 2 is 1.92 bits per heavy atom. The van der Waals surface area contributed by atoms with Crippen LogP contribution in [-0.4, -0.2) is 42.2 Å². The first-order valence-electron chi connectivity index (χ1n) is 7.24. The molecule has 0 radical (unpaired) electrons. The van der Waals surface area contributed by atoms with Crippen LogP contribution >= 0.6 is 11.3 Å². The molecule has 1 aliphatic rings. The molecule has 0 bridgehead atoms. The molecule has 0 saturated carbocycles. The van der Waals surface area contributed by atoms with Gasteiger partial charge in [0, 0.05) is 18.0 Å². The molecule has 8 heteroatoms. The molecule has 3 rings (SSSR count). The summed E-state index contributed by atoms with van der Waals surface area (Å²) in [6, 6.07) is 6.14. The van der Waals surface area contributed by atoms with E-state index in [4.69, 9.17) is 4.74 Å². The molecule has 128 valence electrons. The van der Waals surface area contributed by atoms with Gasteiger partial charge < -0.3 is 14.7 Å². The summed E-state index contributed by atoms with van der Waals surface area (Å²) >= 11 is 0.984. The predicted molar refractivity (Wildman–Crippen MR) is 83.1 cm³/mol. The van der Waals surface area contributed by atoms with Crippen molar-refractivity contribution in [1.82, 2.24) is 4.90 Å². The number of carbonyl (C=O) groups is 1. The lowest BCUT2D eigenvalue weighted by Crippen LogP contribution is -2.40. The minimum Gasteiger partial charge on any atom is -0.506 e. The minimum atomic E-state index is -4.44. The molecule has 2 heterocycles. The second-order valence-electron chi connectivity index (χ2n) is 5.31. The van der Waals surface area contributed by atoms with Gasteiger partial charge in [-0.15, -0.1) is 11.3 Å². The maximum absolute atomic E-state index is 12.8. The fraction of sp³-hybridized carbons (Fsp3) is 0.312. The number of benzene rings is 1. The highest BCUT2D eigenvalue weighted by Gasteiger charge is 2.31. The molecule has 1 amide bonds. The number of rotatable bonds is 2. The third kappa shape index (κ3) is 3.39. The summed E-state index contributed by atoms with van der Waals surface area (Å²) in [5.41, 5.74) is -0.458. The second-order valence-corrected chi connectivity index (χ2v) is 6.36. The maximum Gasteiger partial charge on any atom is 0.416 e. The first-order chi connectivity index (χ1) is 11.4. The number of hydrogen-bond acceptors (Lipinski definition) is 4. The topological polar surface area (TPSA) is 49.8 Å². The molecule has 1 aromatic heterocycles. The average molecular weight is 357 g/mol. The summed E-state index contributed by atoms with van der Waals surface area (Å²) in [4.78, 5) is 14.5. The van der Waals surface area contributed by atoms with E-state index in [2.05, 4.69) is 0 Å². The number of carbonyl (C=O) groups excluding carboxylic acids is 1. The number of nitrogens with zero attached hydrogens (tertiary/aromatic N) is 1. The van der Waals surface area contributed by atoms with Crippen LogP contribution in [0.2, 0.25) is 0 Å². The van der Waals surface area contributed by atoms with Gasteiger partial charge in [0.25, 0.3) is 5.91 Å². The second kappa shape index (κ2) is 6.45. The molecule has 1 fully saturated rings. The highest BCUT2D eigenvalue weighted by atomic mass is 32.1. The molecular weight excluding hydrogens is 343 g/mol. The van der Waals surface area contributed by atoms with E-state index in [0.29, 0.717) is 36.7 Å². The first kappa shape index (κ1) is 16.8. The molecule has 24 heavy (non-hydrogen) atoms. The van der Waals surface area contributed by atoms with E-state index >= 15 is 0 Å². The molecule has 0 atom stereocenters. The van der Waals surface area contributed by atoms with Gasteiger partial charge in [-0.3, -0.25) is 4.79 Å². The van der Waals surface area contributed by atoms with E-state index in [9.17, 15) is 23.1 Å². The SMILES string of the molecule is O=C(c1sc(-c2cccc(C(F)(F)F)c2)cc1O)N1CCOCC1. The fourth-order valence-corrected chi connectivity index (χ4v) is 3.45. The number of morpholine rings is 1. The van der Waals surface area contributed by atoms with Crippen molar-refractivity contribution in [3.63, 3.8) is 0 Å². The molecule has 1 aromatic carbocycles. The van der Waals surface area contributed by atoms with E-state index in [1.165, 1.54) is 18.2 Å². The summed E-state index contributed by atoms with van der Waals surface area (Å²) in [5.74, 6) is -0.553. The van der Waals surface area contributed by atoms with Gasteiger partial charge in [0.05, 0.1) is 18.8 Å². The van der Waals surface area contributed by atoms with E-state index in [0.717, 1.165) is 23.5 Å². The Labute approximate surface area is 140 Å². The van der Waals surface area contributed by atoms with E-state index in [1.54, 1.807) is 4.90 Å². The maximum atomic E-state index is 12.8. The van der Waals surface area contributed by atoms with E-state index in [-0.39, 0.29) is 16.5 Å². The number of halogens is 3. The number of aromatic hydroxyl groups is 1. The van der Waals surface area contributed by atoms with E-state index < -0.39 is 11.7 Å². The Morgan fingerprint density at radius 3 is 2.58 bits per heavy atom. The summed E-state index contributed by atoms with van der Waals surface area (Å²) in [7, 11) is 0. The van der Waals surface area contributed by atoms with Gasteiger partial charge in [-0.2, -0.15) is 13.2 Å². The Kier molecular flexibility index (Phi) is 4.51. The molecular formula is C16H14F3NO3S. The largest absolute Gasteiger partial charge is 0.506 e. The lowest BCUT2D eigenvalue weighted by atomic mass is 10.1. The summed E-state index contributed by atoms with van der Waals surface area (Å²) < 4.78 is 43.6. The number of hydrogen-bond donors (Lipinski definition) is 1. The Morgan fingerprint density at radius 1 is 1.21 bits per heavy atom. The highest BCUT2D eigenvalue weighted by Crippen LogP contribution is 2.38. The van der Waals surface area contributed by atoms with Gasteiger partial charge in [-0.1, -0.05) is 12.1 Å². The molecule has 1 N–H and O–H groups in total. The van der Waals surface area contributed by atoms with Crippen LogP contribution in [0.5, 0.6) is 5.75 Å². The number of amides is 1. The monoisotopic (exact) mass is 357 g/mol. The zero-order valence-electron chi connectivity index (χ0n) is 12.5. The normalized spacial score (nSPS) is 15.5. The van der Waals surface area contributed by atoms with Gasteiger partial charge in [-0.25, -0.2) is 0 Å². The van der Waals surface area contributed by atoms with Crippen LogP contribution in [-0.2, 0) is 10.9 Å². The lowest BCUT2D eigenvalue weighted by molar-refractivity contribution is -0.137.